The summed E-state index contributed by atoms with van der Waals surface area (Å²) in [4.78, 5) is 1.64. The summed E-state index contributed by atoms with van der Waals surface area (Å²) >= 11 is 0. The Morgan fingerprint density at radius 3 is 2.47 bits per heavy atom. The standard InChI is InChI=1S/C12H18F2N2O2S/c1-16(2)9-5-8-15-10-6-3-4-7-11(10)19(17,18)12(13)14/h3-4,6-7,12,15H,5,8-9H2,1-2H3. The highest BCUT2D eigenvalue weighted by atomic mass is 32.2. The van der Waals surface area contributed by atoms with Crippen LogP contribution in [0.5, 0.6) is 0 Å². The molecule has 0 unspecified atom stereocenters. The molecule has 108 valence electrons. The van der Waals surface area contributed by atoms with Gasteiger partial charge in [-0.3, -0.25) is 0 Å². The molecule has 0 aliphatic carbocycles. The zero-order valence-corrected chi connectivity index (χ0v) is 11.8. The van der Waals surface area contributed by atoms with Crippen molar-refractivity contribution in [3.63, 3.8) is 0 Å². The molecule has 0 saturated carbocycles. The number of alkyl halides is 2. The van der Waals surface area contributed by atoms with E-state index in [1.165, 1.54) is 18.2 Å². The zero-order chi connectivity index (χ0) is 14.5. The van der Waals surface area contributed by atoms with E-state index in [1.54, 1.807) is 6.07 Å². The number of halogens is 2. The molecule has 7 heteroatoms. The van der Waals surface area contributed by atoms with Gasteiger partial charge in [-0.2, -0.15) is 8.78 Å². The van der Waals surface area contributed by atoms with E-state index in [1.807, 2.05) is 19.0 Å². The van der Waals surface area contributed by atoms with Crippen molar-refractivity contribution in [2.45, 2.75) is 17.1 Å². The first kappa shape index (κ1) is 15.8. The highest BCUT2D eigenvalue weighted by Crippen LogP contribution is 2.25. The summed E-state index contributed by atoms with van der Waals surface area (Å²) in [6, 6.07) is 5.72. The smallest absolute Gasteiger partial charge is 0.341 e. The predicted molar refractivity (Wildman–Crippen MR) is 71.3 cm³/mol. The minimum atomic E-state index is -4.57. The minimum absolute atomic E-state index is 0.224. The van der Waals surface area contributed by atoms with Crippen LogP contribution in [0.15, 0.2) is 29.2 Å². The fourth-order valence-corrected chi connectivity index (χ4v) is 2.48. The molecule has 1 rings (SSSR count). The van der Waals surface area contributed by atoms with Gasteiger partial charge in [0.05, 0.1) is 10.6 Å². The van der Waals surface area contributed by atoms with Crippen molar-refractivity contribution in [2.24, 2.45) is 0 Å². The number of hydrogen-bond acceptors (Lipinski definition) is 4. The molecule has 0 saturated heterocycles. The fourth-order valence-electron chi connectivity index (χ4n) is 1.58. The van der Waals surface area contributed by atoms with Gasteiger partial charge in [-0.1, -0.05) is 12.1 Å². The maximum Gasteiger partial charge on any atom is 0.341 e. The molecule has 0 amide bonds. The number of hydrogen-bond donors (Lipinski definition) is 1. The number of sulfone groups is 1. The third-order valence-corrected chi connectivity index (χ3v) is 3.96. The molecule has 1 N–H and O–H groups in total. The number of nitrogens with one attached hydrogen (secondary N) is 1. The van der Waals surface area contributed by atoms with Gasteiger partial charge in [0, 0.05) is 6.54 Å². The van der Waals surface area contributed by atoms with Gasteiger partial charge in [0.2, 0.25) is 9.84 Å². The Morgan fingerprint density at radius 2 is 1.89 bits per heavy atom. The maximum absolute atomic E-state index is 12.6. The lowest BCUT2D eigenvalue weighted by atomic mass is 10.3. The van der Waals surface area contributed by atoms with Crippen LogP contribution in [-0.4, -0.2) is 46.3 Å². The molecule has 0 fully saturated rings. The van der Waals surface area contributed by atoms with Gasteiger partial charge in [-0.05, 0) is 39.2 Å². The third kappa shape index (κ3) is 4.43. The van der Waals surface area contributed by atoms with Crippen LogP contribution in [0.3, 0.4) is 0 Å². The van der Waals surface area contributed by atoms with E-state index in [0.29, 0.717) is 6.54 Å². The van der Waals surface area contributed by atoms with Crippen LogP contribution in [0, 0.1) is 0 Å². The summed E-state index contributed by atoms with van der Waals surface area (Å²) in [5.74, 6) is -3.41. The quantitative estimate of drug-likeness (QED) is 0.781. The van der Waals surface area contributed by atoms with Crippen molar-refractivity contribution in [1.29, 1.82) is 0 Å². The van der Waals surface area contributed by atoms with Crippen LogP contribution in [0.1, 0.15) is 6.42 Å². The molecule has 0 bridgehead atoms. The molecular weight excluding hydrogens is 274 g/mol. The normalized spacial score (nSPS) is 12.1. The van der Waals surface area contributed by atoms with E-state index in [9.17, 15) is 17.2 Å². The maximum atomic E-state index is 12.6. The van der Waals surface area contributed by atoms with E-state index < -0.39 is 15.6 Å². The molecule has 0 aliphatic rings. The van der Waals surface area contributed by atoms with Crippen LogP contribution in [-0.2, 0) is 9.84 Å². The van der Waals surface area contributed by atoms with Crippen molar-refractivity contribution in [3.8, 4) is 0 Å². The van der Waals surface area contributed by atoms with E-state index in [2.05, 4.69) is 5.32 Å². The summed E-state index contributed by atoms with van der Waals surface area (Å²) in [6.45, 7) is 1.35. The number of para-hydroxylation sites is 1. The fraction of sp³-hybridized carbons (Fsp3) is 0.500. The summed E-state index contributed by atoms with van der Waals surface area (Å²) < 4.78 is 48.1. The van der Waals surface area contributed by atoms with Crippen molar-refractivity contribution in [2.75, 3.05) is 32.5 Å². The molecule has 0 aromatic heterocycles. The highest BCUT2D eigenvalue weighted by Gasteiger charge is 2.28. The molecule has 0 heterocycles. The predicted octanol–water partition coefficient (Wildman–Crippen LogP) is 2.05. The van der Waals surface area contributed by atoms with Crippen LogP contribution in [0.4, 0.5) is 14.5 Å². The van der Waals surface area contributed by atoms with Gasteiger partial charge in [0.25, 0.3) is 0 Å². The zero-order valence-electron chi connectivity index (χ0n) is 10.9. The number of anilines is 1. The summed E-state index contributed by atoms with van der Waals surface area (Å²) in [5, 5.41) is 2.89. The monoisotopic (exact) mass is 292 g/mol. The topological polar surface area (TPSA) is 49.4 Å². The van der Waals surface area contributed by atoms with E-state index >= 15 is 0 Å². The number of nitrogens with zero attached hydrogens (tertiary/aromatic N) is 1. The molecule has 4 nitrogen and oxygen atoms in total. The van der Waals surface area contributed by atoms with Crippen LogP contribution < -0.4 is 5.32 Å². The average molecular weight is 292 g/mol. The van der Waals surface area contributed by atoms with Gasteiger partial charge >= 0.3 is 5.76 Å². The van der Waals surface area contributed by atoms with E-state index in [4.69, 9.17) is 0 Å². The van der Waals surface area contributed by atoms with Crippen molar-refractivity contribution < 1.29 is 17.2 Å². The average Bonchev–Trinajstić information content (AvgIpc) is 2.34. The van der Waals surface area contributed by atoms with E-state index in [0.717, 1.165) is 13.0 Å². The molecule has 0 spiro atoms. The first-order valence-electron chi connectivity index (χ1n) is 5.85. The second kappa shape index (κ2) is 6.81. The van der Waals surface area contributed by atoms with Gasteiger partial charge in [-0.25, -0.2) is 8.42 Å². The molecule has 1 aromatic carbocycles. The van der Waals surface area contributed by atoms with Gasteiger partial charge in [0.15, 0.2) is 0 Å². The van der Waals surface area contributed by atoms with Crippen LogP contribution >= 0.6 is 0 Å². The van der Waals surface area contributed by atoms with Gasteiger partial charge < -0.3 is 10.2 Å². The molecule has 0 radical (unpaired) electrons. The molecule has 1 aromatic rings. The Balaban J connectivity index is 2.80. The van der Waals surface area contributed by atoms with Crippen LogP contribution in [0.2, 0.25) is 0 Å². The summed E-state index contributed by atoms with van der Waals surface area (Å²) in [6.07, 6.45) is 0.788. The lowest BCUT2D eigenvalue weighted by Crippen LogP contribution is -2.18. The van der Waals surface area contributed by atoms with Gasteiger partial charge in [0.1, 0.15) is 0 Å². The molecule has 0 atom stereocenters. The van der Waals surface area contributed by atoms with Crippen molar-refractivity contribution in [1.82, 2.24) is 4.90 Å². The summed E-state index contributed by atoms with van der Waals surface area (Å²) in [7, 11) is -0.716. The number of benzene rings is 1. The first-order valence-corrected chi connectivity index (χ1v) is 7.40. The Morgan fingerprint density at radius 1 is 1.26 bits per heavy atom. The Hall–Kier alpha value is -1.21. The van der Waals surface area contributed by atoms with Crippen molar-refractivity contribution >= 4 is 15.5 Å². The third-order valence-electron chi connectivity index (χ3n) is 2.53. The lowest BCUT2D eigenvalue weighted by Gasteiger charge is -2.13. The molecular formula is C12H18F2N2O2S. The lowest BCUT2D eigenvalue weighted by molar-refractivity contribution is 0.235. The van der Waals surface area contributed by atoms with Gasteiger partial charge in [-0.15, -0.1) is 0 Å². The first-order chi connectivity index (χ1) is 8.85. The second-order valence-corrected chi connectivity index (χ2v) is 6.27. The molecule has 0 aliphatic heterocycles. The molecule has 19 heavy (non-hydrogen) atoms. The largest absolute Gasteiger partial charge is 0.384 e. The highest BCUT2D eigenvalue weighted by molar-refractivity contribution is 7.91. The SMILES string of the molecule is CN(C)CCCNc1ccccc1S(=O)(=O)C(F)F. The summed E-state index contributed by atoms with van der Waals surface area (Å²) in [5.41, 5.74) is 0.224. The Bertz CT molecular complexity index is 504. The van der Waals surface area contributed by atoms with Crippen molar-refractivity contribution in [3.05, 3.63) is 24.3 Å². The van der Waals surface area contributed by atoms with Crippen LogP contribution in [0.25, 0.3) is 0 Å². The number of rotatable bonds is 7. The Kier molecular flexibility index (Phi) is 5.68. The Labute approximate surface area is 112 Å². The minimum Gasteiger partial charge on any atom is -0.384 e. The second-order valence-electron chi connectivity index (χ2n) is 4.39. The van der Waals surface area contributed by atoms with E-state index in [-0.39, 0.29) is 10.6 Å².